The summed E-state index contributed by atoms with van der Waals surface area (Å²) in [6.45, 7) is 2.81. The Balaban J connectivity index is 2.63. The summed E-state index contributed by atoms with van der Waals surface area (Å²) >= 11 is 0. The molecule has 3 heteroatoms. The molecule has 0 saturated heterocycles. The molecule has 0 aliphatic heterocycles. The maximum Gasteiger partial charge on any atom is 0.0992 e. The summed E-state index contributed by atoms with van der Waals surface area (Å²) in [6, 6.07) is 7.32. The minimum atomic E-state index is 0.623. The Morgan fingerprint density at radius 3 is 3.00 bits per heavy atom. The van der Waals surface area contributed by atoms with E-state index in [1.165, 1.54) is 0 Å². The highest BCUT2D eigenvalue weighted by Gasteiger charge is 1.99. The van der Waals surface area contributed by atoms with Crippen LogP contribution in [0.25, 0.3) is 0 Å². The van der Waals surface area contributed by atoms with Gasteiger partial charge in [-0.2, -0.15) is 5.26 Å². The van der Waals surface area contributed by atoms with Gasteiger partial charge in [-0.25, -0.2) is 0 Å². The van der Waals surface area contributed by atoms with Crippen LogP contribution in [0.5, 0.6) is 0 Å². The van der Waals surface area contributed by atoms with Crippen LogP contribution in [0.2, 0.25) is 0 Å². The summed E-state index contributed by atoms with van der Waals surface area (Å²) in [7, 11) is 0. The molecule has 0 aliphatic rings. The van der Waals surface area contributed by atoms with Crippen LogP contribution in [0, 0.1) is 11.3 Å². The van der Waals surface area contributed by atoms with Crippen LogP contribution in [0.1, 0.15) is 18.9 Å². The van der Waals surface area contributed by atoms with Crippen molar-refractivity contribution in [2.45, 2.75) is 13.3 Å². The van der Waals surface area contributed by atoms with E-state index in [0.717, 1.165) is 18.7 Å². The van der Waals surface area contributed by atoms with E-state index in [-0.39, 0.29) is 0 Å². The number of nitrogens with zero attached hydrogens (tertiary/aromatic N) is 1. The first kappa shape index (κ1) is 11.1. The first-order valence-electron chi connectivity index (χ1n) is 4.92. The molecule has 1 rings (SSSR count). The highest BCUT2D eigenvalue weighted by atomic mass is 14.9. The van der Waals surface area contributed by atoms with Crippen molar-refractivity contribution < 1.29 is 0 Å². The number of hydrogen-bond donors (Lipinski definition) is 2. The number of nitrogens with one attached hydrogen (secondary N) is 1. The second kappa shape index (κ2) is 5.71. The van der Waals surface area contributed by atoms with Gasteiger partial charge in [0.1, 0.15) is 0 Å². The fourth-order valence-corrected chi connectivity index (χ4v) is 1.24. The van der Waals surface area contributed by atoms with E-state index >= 15 is 0 Å². The van der Waals surface area contributed by atoms with Crippen LogP contribution in [-0.2, 0) is 0 Å². The van der Waals surface area contributed by atoms with Gasteiger partial charge >= 0.3 is 0 Å². The number of hydrogen-bond acceptors (Lipinski definition) is 3. The van der Waals surface area contributed by atoms with Crippen molar-refractivity contribution in [1.82, 2.24) is 0 Å². The second-order valence-electron chi connectivity index (χ2n) is 3.20. The lowest BCUT2D eigenvalue weighted by Gasteiger charge is -2.08. The van der Waals surface area contributed by atoms with Crippen LogP contribution in [0.3, 0.4) is 0 Å². The van der Waals surface area contributed by atoms with Crippen molar-refractivity contribution in [2.24, 2.45) is 0 Å². The molecule has 0 aromatic heterocycles. The maximum absolute atomic E-state index is 8.73. The number of nitrogen functional groups attached to an aromatic ring is 1. The SMILES string of the molecule is C/C=C/CCNc1cc(C#N)ccc1N. The summed E-state index contributed by atoms with van der Waals surface area (Å²) < 4.78 is 0. The van der Waals surface area contributed by atoms with Crippen LogP contribution in [0.4, 0.5) is 11.4 Å². The van der Waals surface area contributed by atoms with E-state index in [0.29, 0.717) is 11.3 Å². The normalized spacial score (nSPS) is 10.1. The number of anilines is 2. The first-order valence-corrected chi connectivity index (χ1v) is 4.92. The van der Waals surface area contributed by atoms with E-state index in [1.807, 2.05) is 13.0 Å². The highest BCUT2D eigenvalue weighted by molar-refractivity contribution is 5.68. The zero-order valence-electron chi connectivity index (χ0n) is 8.83. The maximum atomic E-state index is 8.73. The van der Waals surface area contributed by atoms with Crippen LogP contribution < -0.4 is 11.1 Å². The lowest BCUT2D eigenvalue weighted by molar-refractivity contribution is 1.06. The summed E-state index contributed by atoms with van der Waals surface area (Å²) in [5.41, 5.74) is 7.90. The molecule has 0 fully saturated rings. The molecule has 78 valence electrons. The summed E-state index contributed by atoms with van der Waals surface area (Å²) in [5, 5.41) is 11.9. The van der Waals surface area contributed by atoms with Gasteiger partial charge in [0.25, 0.3) is 0 Å². The monoisotopic (exact) mass is 201 g/mol. The van der Waals surface area contributed by atoms with Gasteiger partial charge in [0.05, 0.1) is 23.0 Å². The van der Waals surface area contributed by atoms with Crippen molar-refractivity contribution >= 4 is 11.4 Å². The Kier molecular flexibility index (Phi) is 4.24. The molecule has 0 unspecified atom stereocenters. The number of nitrogens with two attached hydrogens (primary N) is 1. The summed E-state index contributed by atoms with van der Waals surface area (Å²) in [4.78, 5) is 0. The second-order valence-corrected chi connectivity index (χ2v) is 3.20. The topological polar surface area (TPSA) is 61.8 Å². The molecule has 0 amide bonds. The van der Waals surface area contributed by atoms with E-state index in [1.54, 1.807) is 18.2 Å². The summed E-state index contributed by atoms with van der Waals surface area (Å²) in [6.07, 6.45) is 5.04. The smallest absolute Gasteiger partial charge is 0.0992 e. The van der Waals surface area contributed by atoms with Gasteiger partial charge in [-0.05, 0) is 31.5 Å². The molecular weight excluding hydrogens is 186 g/mol. The van der Waals surface area contributed by atoms with Gasteiger partial charge in [0, 0.05) is 6.54 Å². The third-order valence-corrected chi connectivity index (χ3v) is 2.04. The molecule has 3 N–H and O–H groups in total. The fraction of sp³-hybridized carbons (Fsp3) is 0.250. The third kappa shape index (κ3) is 3.35. The number of rotatable bonds is 4. The molecule has 1 aromatic rings. The average molecular weight is 201 g/mol. The number of nitriles is 1. The molecule has 0 spiro atoms. The molecule has 15 heavy (non-hydrogen) atoms. The summed E-state index contributed by atoms with van der Waals surface area (Å²) in [5.74, 6) is 0. The molecule has 0 heterocycles. The third-order valence-electron chi connectivity index (χ3n) is 2.04. The van der Waals surface area contributed by atoms with Gasteiger partial charge in [-0.15, -0.1) is 0 Å². The van der Waals surface area contributed by atoms with Crippen LogP contribution >= 0.6 is 0 Å². The van der Waals surface area contributed by atoms with E-state index in [2.05, 4.69) is 17.5 Å². The average Bonchev–Trinajstić information content (AvgIpc) is 2.26. The Morgan fingerprint density at radius 1 is 1.53 bits per heavy atom. The van der Waals surface area contributed by atoms with Gasteiger partial charge in [-0.3, -0.25) is 0 Å². The van der Waals surface area contributed by atoms with Crippen molar-refractivity contribution in [3.63, 3.8) is 0 Å². The van der Waals surface area contributed by atoms with Crippen molar-refractivity contribution in [3.8, 4) is 6.07 Å². The number of allylic oxidation sites excluding steroid dienone is 1. The van der Waals surface area contributed by atoms with Crippen LogP contribution in [0.15, 0.2) is 30.4 Å². The molecular formula is C12H15N3. The van der Waals surface area contributed by atoms with E-state index in [4.69, 9.17) is 11.0 Å². The highest BCUT2D eigenvalue weighted by Crippen LogP contribution is 2.19. The van der Waals surface area contributed by atoms with Crippen molar-refractivity contribution in [3.05, 3.63) is 35.9 Å². The largest absolute Gasteiger partial charge is 0.397 e. The van der Waals surface area contributed by atoms with Gasteiger partial charge in [0.2, 0.25) is 0 Å². The zero-order valence-corrected chi connectivity index (χ0v) is 8.83. The lowest BCUT2D eigenvalue weighted by atomic mass is 10.2. The van der Waals surface area contributed by atoms with E-state index in [9.17, 15) is 0 Å². The van der Waals surface area contributed by atoms with Crippen molar-refractivity contribution in [2.75, 3.05) is 17.6 Å². The molecule has 1 aromatic carbocycles. The predicted molar refractivity (Wildman–Crippen MR) is 63.5 cm³/mol. The molecule has 0 radical (unpaired) electrons. The van der Waals surface area contributed by atoms with Gasteiger partial charge < -0.3 is 11.1 Å². The van der Waals surface area contributed by atoms with E-state index < -0.39 is 0 Å². The van der Waals surface area contributed by atoms with Crippen LogP contribution in [-0.4, -0.2) is 6.54 Å². The molecule has 0 bridgehead atoms. The zero-order chi connectivity index (χ0) is 11.1. The minimum absolute atomic E-state index is 0.623. The lowest BCUT2D eigenvalue weighted by Crippen LogP contribution is -2.03. The molecule has 3 nitrogen and oxygen atoms in total. The van der Waals surface area contributed by atoms with Gasteiger partial charge in [0.15, 0.2) is 0 Å². The number of benzene rings is 1. The fourth-order valence-electron chi connectivity index (χ4n) is 1.24. The Hall–Kier alpha value is -1.95. The molecule has 0 aliphatic carbocycles. The minimum Gasteiger partial charge on any atom is -0.397 e. The van der Waals surface area contributed by atoms with Gasteiger partial charge in [-0.1, -0.05) is 12.2 Å². The predicted octanol–water partition coefficient (Wildman–Crippen LogP) is 2.52. The Morgan fingerprint density at radius 2 is 2.33 bits per heavy atom. The molecule has 0 atom stereocenters. The Labute approximate surface area is 90.2 Å². The molecule has 0 saturated carbocycles. The Bertz CT molecular complexity index is 388. The first-order chi connectivity index (χ1) is 7.27. The van der Waals surface area contributed by atoms with Crippen molar-refractivity contribution in [1.29, 1.82) is 5.26 Å². The quantitative estimate of drug-likeness (QED) is 0.447. The standard InChI is InChI=1S/C12H15N3/c1-2-3-4-7-15-12-8-10(9-13)5-6-11(12)14/h2-3,5-6,8,15H,4,7,14H2,1H3/b3-2+.